The molecule has 1 unspecified atom stereocenters. The molecule has 0 saturated heterocycles. The summed E-state index contributed by atoms with van der Waals surface area (Å²) in [7, 11) is 0. The van der Waals surface area contributed by atoms with Gasteiger partial charge in [0, 0.05) is 16.7 Å². The molecule has 0 bridgehead atoms. The first kappa shape index (κ1) is 14.1. The molecular weight excluding hydrogens is 304 g/mol. The zero-order valence-electron chi connectivity index (χ0n) is 11.6. The molecule has 0 amide bonds. The summed E-state index contributed by atoms with van der Waals surface area (Å²) >= 11 is 3.45. The Balaban J connectivity index is 2.00. The summed E-state index contributed by atoms with van der Waals surface area (Å²) in [5, 5.41) is 4.53. The predicted octanol–water partition coefficient (Wildman–Crippen LogP) is 4.50. The van der Waals surface area contributed by atoms with Crippen LogP contribution in [0.25, 0.3) is 0 Å². The second-order valence-electron chi connectivity index (χ2n) is 4.74. The first-order valence-electron chi connectivity index (χ1n) is 6.53. The quantitative estimate of drug-likeness (QED) is 0.810. The van der Waals surface area contributed by atoms with Crippen molar-refractivity contribution in [2.75, 3.05) is 0 Å². The highest BCUT2D eigenvalue weighted by atomic mass is 79.9. The molecular formula is C15H19BrN2O. The standard InChI is InChI=1S/C15H19BrN2O/c1-4-12(3)18-8-7-14(17-18)10-19-15-6-5-13(16)9-11(15)2/h5-9,12H,4,10H2,1-3H3. The summed E-state index contributed by atoms with van der Waals surface area (Å²) in [5.74, 6) is 0.904. The van der Waals surface area contributed by atoms with E-state index in [0.717, 1.165) is 27.9 Å². The van der Waals surface area contributed by atoms with Gasteiger partial charge in [-0.25, -0.2) is 0 Å². The minimum atomic E-state index is 0.433. The molecule has 19 heavy (non-hydrogen) atoms. The number of hydrogen-bond acceptors (Lipinski definition) is 2. The van der Waals surface area contributed by atoms with Crippen molar-refractivity contribution in [3.8, 4) is 5.75 Å². The summed E-state index contributed by atoms with van der Waals surface area (Å²) in [6, 6.07) is 8.46. The zero-order valence-corrected chi connectivity index (χ0v) is 13.1. The number of nitrogens with zero attached hydrogens (tertiary/aromatic N) is 2. The van der Waals surface area contributed by atoms with Gasteiger partial charge in [-0.3, -0.25) is 4.68 Å². The lowest BCUT2D eigenvalue weighted by molar-refractivity contribution is 0.296. The number of aryl methyl sites for hydroxylation is 1. The van der Waals surface area contributed by atoms with Crippen molar-refractivity contribution < 1.29 is 4.74 Å². The van der Waals surface area contributed by atoms with Crippen LogP contribution >= 0.6 is 15.9 Å². The van der Waals surface area contributed by atoms with Crippen molar-refractivity contribution in [2.24, 2.45) is 0 Å². The smallest absolute Gasteiger partial charge is 0.132 e. The van der Waals surface area contributed by atoms with Crippen LogP contribution in [-0.2, 0) is 6.61 Å². The van der Waals surface area contributed by atoms with Crippen LogP contribution in [0.4, 0.5) is 0 Å². The molecule has 0 spiro atoms. The van der Waals surface area contributed by atoms with E-state index in [2.05, 4.69) is 34.9 Å². The van der Waals surface area contributed by atoms with E-state index in [0.29, 0.717) is 12.6 Å². The lowest BCUT2D eigenvalue weighted by Crippen LogP contribution is -2.06. The van der Waals surface area contributed by atoms with Gasteiger partial charge in [0.05, 0.1) is 5.69 Å². The minimum absolute atomic E-state index is 0.433. The third kappa shape index (κ3) is 3.60. The number of benzene rings is 1. The second-order valence-corrected chi connectivity index (χ2v) is 5.66. The second kappa shape index (κ2) is 6.24. The maximum absolute atomic E-state index is 5.81. The summed E-state index contributed by atoms with van der Waals surface area (Å²) < 4.78 is 8.87. The Labute approximate surface area is 122 Å². The van der Waals surface area contributed by atoms with Crippen LogP contribution in [-0.4, -0.2) is 9.78 Å². The molecule has 0 radical (unpaired) electrons. The molecule has 2 aromatic rings. The van der Waals surface area contributed by atoms with Gasteiger partial charge in [0.15, 0.2) is 0 Å². The van der Waals surface area contributed by atoms with Crippen LogP contribution in [0.5, 0.6) is 5.75 Å². The van der Waals surface area contributed by atoms with E-state index in [1.54, 1.807) is 0 Å². The monoisotopic (exact) mass is 322 g/mol. The Kier molecular flexibility index (Phi) is 4.64. The number of aromatic nitrogens is 2. The average Bonchev–Trinajstić information content (AvgIpc) is 2.85. The molecule has 0 fully saturated rings. The lowest BCUT2D eigenvalue weighted by Gasteiger charge is -2.09. The van der Waals surface area contributed by atoms with E-state index in [-0.39, 0.29) is 0 Å². The molecule has 0 aliphatic heterocycles. The molecule has 3 nitrogen and oxygen atoms in total. The van der Waals surface area contributed by atoms with E-state index < -0.39 is 0 Å². The average molecular weight is 323 g/mol. The van der Waals surface area contributed by atoms with Crippen LogP contribution in [0.1, 0.15) is 37.6 Å². The third-order valence-corrected chi connectivity index (χ3v) is 3.71. The maximum atomic E-state index is 5.81. The van der Waals surface area contributed by atoms with Crippen LogP contribution < -0.4 is 4.74 Å². The lowest BCUT2D eigenvalue weighted by atomic mass is 10.2. The fraction of sp³-hybridized carbons (Fsp3) is 0.400. The third-order valence-electron chi connectivity index (χ3n) is 3.22. The molecule has 1 heterocycles. The SMILES string of the molecule is CCC(C)n1ccc(COc2ccc(Br)cc2C)n1. The van der Waals surface area contributed by atoms with Crippen LogP contribution in [0.15, 0.2) is 34.9 Å². The molecule has 1 atom stereocenters. The molecule has 0 aliphatic rings. The highest BCUT2D eigenvalue weighted by Gasteiger charge is 2.06. The summed E-state index contributed by atoms with van der Waals surface area (Å²) in [6.07, 6.45) is 3.09. The molecule has 4 heteroatoms. The van der Waals surface area contributed by atoms with Crippen LogP contribution in [0, 0.1) is 6.92 Å². The van der Waals surface area contributed by atoms with Gasteiger partial charge in [-0.15, -0.1) is 0 Å². The number of hydrogen-bond donors (Lipinski definition) is 0. The topological polar surface area (TPSA) is 27.1 Å². The highest BCUT2D eigenvalue weighted by molar-refractivity contribution is 9.10. The van der Waals surface area contributed by atoms with Crippen LogP contribution in [0.2, 0.25) is 0 Å². The molecule has 0 N–H and O–H groups in total. The Morgan fingerprint density at radius 3 is 2.84 bits per heavy atom. The van der Waals surface area contributed by atoms with Crippen molar-refractivity contribution in [3.63, 3.8) is 0 Å². The predicted molar refractivity (Wildman–Crippen MR) is 80.4 cm³/mol. The minimum Gasteiger partial charge on any atom is -0.487 e. The van der Waals surface area contributed by atoms with Crippen molar-refractivity contribution in [3.05, 3.63) is 46.2 Å². The van der Waals surface area contributed by atoms with E-state index in [1.807, 2.05) is 42.1 Å². The molecule has 1 aromatic heterocycles. The summed E-state index contributed by atoms with van der Waals surface area (Å²) in [5.41, 5.74) is 2.08. The Morgan fingerprint density at radius 2 is 2.16 bits per heavy atom. The molecule has 2 rings (SSSR count). The van der Waals surface area contributed by atoms with Gasteiger partial charge in [-0.2, -0.15) is 5.10 Å². The molecule has 1 aromatic carbocycles. The van der Waals surface area contributed by atoms with E-state index in [9.17, 15) is 0 Å². The fourth-order valence-corrected chi connectivity index (χ4v) is 2.29. The van der Waals surface area contributed by atoms with Crippen molar-refractivity contribution >= 4 is 15.9 Å². The first-order chi connectivity index (χ1) is 9.10. The van der Waals surface area contributed by atoms with Crippen molar-refractivity contribution in [2.45, 2.75) is 39.8 Å². The molecule has 0 saturated carbocycles. The van der Waals surface area contributed by atoms with Gasteiger partial charge in [0.1, 0.15) is 12.4 Å². The number of halogens is 1. The van der Waals surface area contributed by atoms with E-state index in [1.165, 1.54) is 0 Å². The maximum Gasteiger partial charge on any atom is 0.132 e. The van der Waals surface area contributed by atoms with Gasteiger partial charge in [-0.1, -0.05) is 22.9 Å². The number of ether oxygens (including phenoxy) is 1. The Morgan fingerprint density at radius 1 is 1.37 bits per heavy atom. The van der Waals surface area contributed by atoms with Gasteiger partial charge in [0.25, 0.3) is 0 Å². The summed E-state index contributed by atoms with van der Waals surface area (Å²) in [6.45, 7) is 6.87. The van der Waals surface area contributed by atoms with Gasteiger partial charge >= 0.3 is 0 Å². The molecule has 102 valence electrons. The van der Waals surface area contributed by atoms with Crippen molar-refractivity contribution in [1.29, 1.82) is 0 Å². The largest absolute Gasteiger partial charge is 0.487 e. The summed E-state index contributed by atoms with van der Waals surface area (Å²) in [4.78, 5) is 0. The van der Waals surface area contributed by atoms with E-state index >= 15 is 0 Å². The number of rotatable bonds is 5. The zero-order chi connectivity index (χ0) is 13.8. The highest BCUT2D eigenvalue weighted by Crippen LogP contribution is 2.23. The van der Waals surface area contributed by atoms with E-state index in [4.69, 9.17) is 4.74 Å². The van der Waals surface area contributed by atoms with Gasteiger partial charge < -0.3 is 4.74 Å². The normalized spacial score (nSPS) is 12.4. The first-order valence-corrected chi connectivity index (χ1v) is 7.32. The van der Waals surface area contributed by atoms with Gasteiger partial charge in [-0.05, 0) is 50.1 Å². The van der Waals surface area contributed by atoms with Crippen molar-refractivity contribution in [1.82, 2.24) is 9.78 Å². The van der Waals surface area contributed by atoms with Crippen LogP contribution in [0.3, 0.4) is 0 Å². The fourth-order valence-electron chi connectivity index (χ4n) is 1.81. The van der Waals surface area contributed by atoms with Gasteiger partial charge in [0.2, 0.25) is 0 Å². The Hall–Kier alpha value is -1.29. The molecule has 0 aliphatic carbocycles. The Bertz CT molecular complexity index is 551.